The van der Waals surface area contributed by atoms with Crippen LogP contribution >= 0.6 is 8.45 Å². The molecule has 8 heterocycles. The van der Waals surface area contributed by atoms with Crippen molar-refractivity contribution in [3.63, 3.8) is 0 Å². The van der Waals surface area contributed by atoms with E-state index in [4.69, 9.17) is 32.8 Å². The predicted molar refractivity (Wildman–Crippen MR) is 317 cm³/mol. The van der Waals surface area contributed by atoms with Crippen LogP contribution in [0.3, 0.4) is 0 Å². The summed E-state index contributed by atoms with van der Waals surface area (Å²) in [7, 11) is 6.59. The van der Waals surface area contributed by atoms with Gasteiger partial charge in [0.05, 0.1) is 58.8 Å². The molecule has 0 radical (unpaired) electrons. The van der Waals surface area contributed by atoms with E-state index in [0.29, 0.717) is 43.3 Å². The van der Waals surface area contributed by atoms with Gasteiger partial charge in [-0.15, -0.1) is 0 Å². The number of hydrogen-bond acceptors (Lipinski definition) is 13. The second-order valence-corrected chi connectivity index (χ2v) is 31.8. The van der Waals surface area contributed by atoms with E-state index in [1.165, 1.54) is 7.11 Å². The van der Waals surface area contributed by atoms with Crippen LogP contribution in [0.15, 0.2) is 0 Å². The second-order valence-electron chi connectivity index (χ2n) is 30.2. The number of aliphatic hydroxyl groups is 2. The van der Waals surface area contributed by atoms with Crippen LogP contribution in [0.4, 0.5) is 0 Å². The fourth-order valence-electron chi connectivity index (χ4n) is 18.5. The second kappa shape index (κ2) is 22.3. The van der Waals surface area contributed by atoms with E-state index in [9.17, 15) is 9.90 Å². The Morgan fingerprint density at radius 3 is 1.44 bits per heavy atom. The zero-order chi connectivity index (χ0) is 61.9. The Morgan fingerprint density at radius 1 is 0.675 bits per heavy atom. The highest BCUT2D eigenvalue weighted by Crippen LogP contribution is 2.68. The Bertz CT molecular complexity index is 2100. The van der Waals surface area contributed by atoms with E-state index in [-0.39, 0.29) is 92.1 Å². The Balaban J connectivity index is 0.000000230. The maximum absolute atomic E-state index is 12.6. The SMILES string of the molecule is CC1[C@@H]2[C@H](C)OC1(C(C)(C)C)C(C)(C)N2C.C[C@@H]1OC2(C(C)(C)C)C(=O)[C@H]1N(C)C2(C)C.C[C@@H]1OC2(C(C)(C)C)[C@@H](O)[C@H]1N(C)C2(C)C.[2H]C(C)(C)C12O[C@@H](C)[C@@H](C1C)N(P(OCC[N+]#[C-])N(C(C)C)C(C)C)C2(C)C.[3H]OC. The summed E-state index contributed by atoms with van der Waals surface area (Å²) in [6.45, 7) is 71.2. The van der Waals surface area contributed by atoms with Crippen LogP contribution in [-0.4, -0.2) is 194 Å². The highest BCUT2D eigenvalue weighted by atomic mass is 31.2. The lowest BCUT2D eigenvalue weighted by Gasteiger charge is -2.55. The molecule has 8 aliphatic rings. The molecular formula is C62H119N6O8P. The van der Waals surface area contributed by atoms with Crippen molar-refractivity contribution in [1.82, 2.24) is 24.0 Å². The molecular weight excluding hydrogens is 988 g/mol. The van der Waals surface area contributed by atoms with Crippen molar-refractivity contribution in [3.05, 3.63) is 11.4 Å². The van der Waals surface area contributed by atoms with Crippen molar-refractivity contribution in [3.8, 4) is 0 Å². The molecule has 8 aliphatic heterocycles. The van der Waals surface area contributed by atoms with Crippen molar-refractivity contribution >= 4 is 14.2 Å². The molecule has 0 amide bonds. The number of rotatable bonds is 8. The van der Waals surface area contributed by atoms with Gasteiger partial charge in [-0.05, 0) is 149 Å². The molecule has 7 unspecified atom stereocenters. The lowest BCUT2D eigenvalue weighted by molar-refractivity contribution is -0.211. The minimum atomic E-state index is -1.09. The summed E-state index contributed by atoms with van der Waals surface area (Å²) in [4.78, 5) is 23.1. The lowest BCUT2D eigenvalue weighted by Crippen LogP contribution is -2.66. The Morgan fingerprint density at radius 2 is 1.10 bits per heavy atom. The first-order valence-electron chi connectivity index (χ1n) is 30.2. The maximum atomic E-state index is 12.6. The lowest BCUT2D eigenvalue weighted by atomic mass is 9.63. The van der Waals surface area contributed by atoms with Crippen LogP contribution in [0.1, 0.15) is 202 Å². The molecule has 16 atom stereocenters. The molecule has 0 aromatic carbocycles. The quantitative estimate of drug-likeness (QED) is 0.136. The van der Waals surface area contributed by atoms with Crippen LogP contribution < -0.4 is 0 Å². The van der Waals surface area contributed by atoms with Crippen molar-refractivity contribution < 1.29 is 39.9 Å². The van der Waals surface area contributed by atoms with E-state index in [1.54, 1.807) is 0 Å². The van der Waals surface area contributed by atoms with Gasteiger partial charge < -0.3 is 38.5 Å². The Hall–Kier alpha value is -0.890. The van der Waals surface area contributed by atoms with Gasteiger partial charge in [-0.3, -0.25) is 19.5 Å². The molecule has 450 valence electrons. The molecule has 0 aromatic rings. The van der Waals surface area contributed by atoms with Gasteiger partial charge in [0.1, 0.15) is 18.3 Å². The number of aliphatic hydroxyl groups excluding tert-OH is 2. The van der Waals surface area contributed by atoms with Crippen LogP contribution in [0.2, 0.25) is 0 Å². The number of ether oxygens (including phenoxy) is 4. The van der Waals surface area contributed by atoms with E-state index < -0.39 is 37.3 Å². The van der Waals surface area contributed by atoms with Gasteiger partial charge in [0.25, 0.3) is 0 Å². The number of likely N-dealkylation sites (N-methyl/N-ethyl adjacent to an activating group) is 3. The van der Waals surface area contributed by atoms with E-state index in [1.807, 2.05) is 27.8 Å². The minimum absolute atomic E-state index is 0.00440. The summed E-state index contributed by atoms with van der Waals surface area (Å²) in [5.74, 6) is 0.342. The zero-order valence-electron chi connectivity index (χ0n) is 57.4. The molecule has 14 nitrogen and oxygen atoms in total. The molecule has 8 bridgehead atoms. The van der Waals surface area contributed by atoms with E-state index in [2.05, 4.69) is 228 Å². The smallest absolute Gasteiger partial charge is 0.238 e. The largest absolute Gasteiger partial charge is 0.400 e. The van der Waals surface area contributed by atoms with Crippen molar-refractivity contribution in [2.24, 2.45) is 34.0 Å². The number of nitrogens with zero attached hydrogens (tertiary/aromatic N) is 6. The number of Topliss-reactive ketones (excluding diaryl/α,β-unsaturated/α-hetero) is 1. The number of fused-ring (bicyclic) bond motifs is 8. The first kappa shape index (κ1) is 65.3. The van der Waals surface area contributed by atoms with Crippen LogP contribution in [-0.2, 0) is 28.3 Å². The third-order valence-electron chi connectivity index (χ3n) is 21.3. The fourth-order valence-corrected chi connectivity index (χ4v) is 21.2. The summed E-state index contributed by atoms with van der Waals surface area (Å²) < 4.78 is 51.6. The third kappa shape index (κ3) is 9.54. The number of carbonyl (C=O) groups is 1. The third-order valence-corrected chi connectivity index (χ3v) is 24.2. The Labute approximate surface area is 476 Å². The fraction of sp³-hybridized carbons (Fsp3) is 0.968. The van der Waals surface area contributed by atoms with Crippen molar-refractivity contribution in [2.75, 3.05) is 41.4 Å². The molecule has 77 heavy (non-hydrogen) atoms. The van der Waals surface area contributed by atoms with Gasteiger partial charge in [0, 0.05) is 61.0 Å². The minimum Gasteiger partial charge on any atom is -0.400 e. The standard InChI is InChI=1S/C21H40N3O2P.C14H27NO.C13H25NO2.C13H23NO2.CH4O/c1-14(2)21-17(7)19(18(8)26-21)24(20(21,9)10)27(25-13-12-22-11)23(15(3)4)16(5)6;1-9-11-10(2)16-14(9,12(3,4)5)13(6,7)15(11)8;2*1-8-9-10(15)13(16-8,11(2,3)4)12(5,6)14(9)7;1-2/h14-19H,12-13H2,1-10H3;9-11H,1-8H3;8-10,15H,1-7H3;8-9H,1-7H3;2H,1H3/t17?,18-,19+,21?,27?;9?,10-,11+,14?;8-,9-,10-,13?;8-,9-,13?;/m0000./s1/i14D;;;;2T. The molecule has 0 aliphatic carbocycles. The highest BCUT2D eigenvalue weighted by molar-refractivity contribution is 7.47. The molecule has 0 saturated carbocycles. The molecule has 0 spiro atoms. The van der Waals surface area contributed by atoms with Gasteiger partial charge in [-0.25, -0.2) is 15.9 Å². The number of hydrogen-bond donors (Lipinski definition) is 2. The molecule has 8 rings (SSSR count). The Kier molecular flexibility index (Phi) is 18.9. The topological polar surface area (TPSA) is 124 Å². The zero-order valence-corrected chi connectivity index (χ0v) is 56.2. The molecule has 0 aromatic heterocycles. The first-order valence-corrected chi connectivity index (χ1v) is 30.5. The summed E-state index contributed by atoms with van der Waals surface area (Å²) in [5.41, 5.74) is -2.46. The summed E-state index contributed by atoms with van der Waals surface area (Å²) >= 11 is 0. The first-order chi connectivity index (χ1) is 35.4. The summed E-state index contributed by atoms with van der Waals surface area (Å²) in [6, 6.07) is 1.44. The molecule has 15 heteroatoms. The van der Waals surface area contributed by atoms with Crippen LogP contribution in [0, 0.1) is 40.5 Å². The monoisotopic (exact) mass is 1110 g/mol. The molecule has 2 N–H and O–H groups in total. The number of ketones is 1. The van der Waals surface area contributed by atoms with Gasteiger partial charge in [0.15, 0.2) is 19.8 Å². The van der Waals surface area contributed by atoms with Crippen LogP contribution in [0.5, 0.6) is 0 Å². The average molecular weight is 1110 g/mol. The molecule has 8 saturated heterocycles. The van der Waals surface area contributed by atoms with Gasteiger partial charge >= 0.3 is 0 Å². The van der Waals surface area contributed by atoms with Crippen molar-refractivity contribution in [1.29, 1.82) is 1.43 Å². The number of likely N-dealkylation sites (tertiary alicyclic amines) is 3. The van der Waals surface area contributed by atoms with Gasteiger partial charge in [-0.1, -0.05) is 90.0 Å². The summed E-state index contributed by atoms with van der Waals surface area (Å²) in [6.07, 6.45) is 0.107. The highest BCUT2D eigenvalue weighted by Gasteiger charge is 2.77. The maximum Gasteiger partial charge on any atom is 0.238 e. The van der Waals surface area contributed by atoms with Gasteiger partial charge in [-0.2, -0.15) is 0 Å². The van der Waals surface area contributed by atoms with E-state index in [0.717, 1.165) is 0 Å². The summed E-state index contributed by atoms with van der Waals surface area (Å²) in [5, 5.41) is 14.1. The predicted octanol–water partition coefficient (Wildman–Crippen LogP) is 11.2. The van der Waals surface area contributed by atoms with E-state index >= 15 is 0 Å². The number of carbonyl (C=O) groups excluding carboxylic acids is 1. The van der Waals surface area contributed by atoms with Crippen LogP contribution in [0.25, 0.3) is 4.85 Å². The average Bonchev–Trinajstić information content (AvgIpc) is 4.04. The number of morpholine rings is 4. The normalized spacial score (nSPS) is 41.3. The molecule has 8 fully saturated rings. The van der Waals surface area contributed by atoms with Gasteiger partial charge in [0.2, 0.25) is 7.98 Å². The van der Waals surface area contributed by atoms with Crippen molar-refractivity contribution in [2.45, 2.75) is 312 Å².